The summed E-state index contributed by atoms with van der Waals surface area (Å²) in [5.74, 6) is 2.32. The zero-order valence-electron chi connectivity index (χ0n) is 9.46. The highest BCUT2D eigenvalue weighted by molar-refractivity contribution is 5.65. The number of rotatable bonds is 9. The minimum absolute atomic E-state index is 0.201. The van der Waals surface area contributed by atoms with Crippen LogP contribution in [-0.4, -0.2) is 25.8 Å². The van der Waals surface area contributed by atoms with Crippen LogP contribution in [0.1, 0.15) is 39.0 Å². The van der Waals surface area contributed by atoms with E-state index >= 15 is 0 Å². The fourth-order valence-electron chi connectivity index (χ4n) is 1.11. The zero-order chi connectivity index (χ0) is 11.4. The molecule has 3 heteroatoms. The van der Waals surface area contributed by atoms with Crippen LogP contribution in [0.3, 0.4) is 0 Å². The van der Waals surface area contributed by atoms with E-state index in [4.69, 9.17) is 15.9 Å². The van der Waals surface area contributed by atoms with Crippen molar-refractivity contribution in [3.63, 3.8) is 0 Å². The Morgan fingerprint density at radius 1 is 1.13 bits per heavy atom. The van der Waals surface area contributed by atoms with Gasteiger partial charge in [0.05, 0.1) is 13.2 Å². The number of terminal acetylenes is 1. The summed E-state index contributed by atoms with van der Waals surface area (Å²) >= 11 is 0. The molecule has 0 bridgehead atoms. The van der Waals surface area contributed by atoms with Crippen molar-refractivity contribution in [3.05, 3.63) is 0 Å². The Bertz CT molecular complexity index is 194. The van der Waals surface area contributed by atoms with Gasteiger partial charge in [-0.1, -0.05) is 6.42 Å². The second kappa shape index (κ2) is 11.1. The van der Waals surface area contributed by atoms with Gasteiger partial charge in [0.2, 0.25) is 0 Å². The van der Waals surface area contributed by atoms with E-state index in [-0.39, 0.29) is 5.97 Å². The molecule has 0 aromatic rings. The van der Waals surface area contributed by atoms with E-state index in [0.717, 1.165) is 32.3 Å². The summed E-state index contributed by atoms with van der Waals surface area (Å²) < 4.78 is 10.1. The first-order valence-corrected chi connectivity index (χ1v) is 5.42. The highest BCUT2D eigenvalue weighted by atomic mass is 16.5. The smallest absolute Gasteiger partial charge is 0.302 e. The molecule has 0 fully saturated rings. The molecule has 0 rings (SSSR count). The third-order valence-corrected chi connectivity index (χ3v) is 1.88. The average molecular weight is 212 g/mol. The summed E-state index contributed by atoms with van der Waals surface area (Å²) in [6, 6.07) is 0. The van der Waals surface area contributed by atoms with Crippen LogP contribution in [0.4, 0.5) is 0 Å². The van der Waals surface area contributed by atoms with E-state index < -0.39 is 0 Å². The molecule has 0 aliphatic carbocycles. The minimum atomic E-state index is -0.201. The van der Waals surface area contributed by atoms with E-state index in [1.54, 1.807) is 0 Å². The van der Waals surface area contributed by atoms with Crippen molar-refractivity contribution in [2.75, 3.05) is 19.8 Å². The van der Waals surface area contributed by atoms with Crippen molar-refractivity contribution < 1.29 is 14.3 Å². The van der Waals surface area contributed by atoms with Crippen molar-refractivity contribution in [3.8, 4) is 12.3 Å². The lowest BCUT2D eigenvalue weighted by atomic mass is 10.2. The average Bonchev–Trinajstić information content (AvgIpc) is 2.20. The van der Waals surface area contributed by atoms with Gasteiger partial charge < -0.3 is 9.47 Å². The molecule has 0 aromatic carbocycles. The molecule has 0 N–H and O–H groups in total. The zero-order valence-corrected chi connectivity index (χ0v) is 9.46. The van der Waals surface area contributed by atoms with Crippen LogP contribution in [0.25, 0.3) is 0 Å². The molecule has 0 saturated heterocycles. The maximum atomic E-state index is 10.4. The summed E-state index contributed by atoms with van der Waals surface area (Å²) in [5, 5.41) is 0. The molecule has 0 unspecified atom stereocenters. The van der Waals surface area contributed by atoms with Crippen LogP contribution in [-0.2, 0) is 14.3 Å². The highest BCUT2D eigenvalue weighted by Gasteiger charge is 1.93. The molecule has 0 spiro atoms. The lowest BCUT2D eigenvalue weighted by molar-refractivity contribution is -0.141. The molecule has 0 aromatic heterocycles. The summed E-state index contributed by atoms with van der Waals surface area (Å²) in [4.78, 5) is 10.4. The van der Waals surface area contributed by atoms with Gasteiger partial charge in [-0.15, -0.1) is 12.3 Å². The number of ether oxygens (including phenoxy) is 2. The first-order chi connectivity index (χ1) is 7.27. The SMILES string of the molecule is C#CCCOCCCCCCOC(C)=O. The van der Waals surface area contributed by atoms with E-state index in [2.05, 4.69) is 5.92 Å². The Kier molecular flexibility index (Phi) is 10.3. The molecule has 3 nitrogen and oxygen atoms in total. The maximum Gasteiger partial charge on any atom is 0.302 e. The van der Waals surface area contributed by atoms with E-state index in [1.165, 1.54) is 6.92 Å². The van der Waals surface area contributed by atoms with E-state index in [0.29, 0.717) is 19.6 Å². The number of unbranched alkanes of at least 4 members (excludes halogenated alkanes) is 3. The van der Waals surface area contributed by atoms with Crippen molar-refractivity contribution in [1.82, 2.24) is 0 Å². The molecule has 0 aliphatic heterocycles. The predicted molar refractivity (Wildman–Crippen MR) is 59.4 cm³/mol. The number of carbonyl (C=O) groups excluding carboxylic acids is 1. The molecular formula is C12H20O3. The van der Waals surface area contributed by atoms with Crippen molar-refractivity contribution >= 4 is 5.97 Å². The first kappa shape index (κ1) is 14.0. The largest absolute Gasteiger partial charge is 0.466 e. The second-order valence-electron chi connectivity index (χ2n) is 3.32. The highest BCUT2D eigenvalue weighted by Crippen LogP contribution is 2.00. The Hall–Kier alpha value is -1.01. The summed E-state index contributed by atoms with van der Waals surface area (Å²) in [6.07, 6.45) is 9.93. The quantitative estimate of drug-likeness (QED) is 0.334. The van der Waals surface area contributed by atoms with Gasteiger partial charge in [-0.3, -0.25) is 4.79 Å². The van der Waals surface area contributed by atoms with Crippen LogP contribution in [0, 0.1) is 12.3 Å². The minimum Gasteiger partial charge on any atom is -0.466 e. The van der Waals surface area contributed by atoms with Gasteiger partial charge in [-0.2, -0.15) is 0 Å². The van der Waals surface area contributed by atoms with Crippen LogP contribution in [0.5, 0.6) is 0 Å². The topological polar surface area (TPSA) is 35.5 Å². The Morgan fingerprint density at radius 2 is 1.80 bits per heavy atom. The predicted octanol–water partition coefficient (Wildman–Crippen LogP) is 2.15. The van der Waals surface area contributed by atoms with Crippen LogP contribution in [0.15, 0.2) is 0 Å². The number of esters is 1. The Balaban J connectivity index is 2.93. The number of hydrogen-bond donors (Lipinski definition) is 0. The molecular weight excluding hydrogens is 192 g/mol. The molecule has 0 aliphatic rings. The Labute approximate surface area is 92.1 Å². The fraction of sp³-hybridized carbons (Fsp3) is 0.750. The number of hydrogen-bond acceptors (Lipinski definition) is 3. The fourth-order valence-corrected chi connectivity index (χ4v) is 1.11. The third kappa shape index (κ3) is 13.0. The molecule has 0 saturated carbocycles. The van der Waals surface area contributed by atoms with Gasteiger partial charge in [0.15, 0.2) is 0 Å². The van der Waals surface area contributed by atoms with Gasteiger partial charge in [0.25, 0.3) is 0 Å². The summed E-state index contributed by atoms with van der Waals surface area (Å²) in [7, 11) is 0. The standard InChI is InChI=1S/C12H20O3/c1-3-4-9-14-10-7-5-6-8-11-15-12(2)13/h1H,4-11H2,2H3. The van der Waals surface area contributed by atoms with Gasteiger partial charge in [0.1, 0.15) is 0 Å². The molecule has 0 amide bonds. The monoisotopic (exact) mass is 212 g/mol. The normalized spacial score (nSPS) is 9.60. The maximum absolute atomic E-state index is 10.4. The van der Waals surface area contributed by atoms with Gasteiger partial charge >= 0.3 is 5.97 Å². The van der Waals surface area contributed by atoms with E-state index in [9.17, 15) is 4.79 Å². The van der Waals surface area contributed by atoms with Crippen LogP contribution >= 0.6 is 0 Å². The van der Waals surface area contributed by atoms with Crippen molar-refractivity contribution in [1.29, 1.82) is 0 Å². The lowest BCUT2D eigenvalue weighted by Crippen LogP contribution is -2.00. The first-order valence-electron chi connectivity index (χ1n) is 5.42. The molecule has 0 atom stereocenters. The van der Waals surface area contributed by atoms with E-state index in [1.807, 2.05) is 0 Å². The van der Waals surface area contributed by atoms with Gasteiger partial charge in [-0.05, 0) is 19.3 Å². The molecule has 86 valence electrons. The summed E-state index contributed by atoms with van der Waals surface area (Å²) in [6.45, 7) is 3.39. The van der Waals surface area contributed by atoms with Crippen molar-refractivity contribution in [2.45, 2.75) is 39.0 Å². The number of carbonyl (C=O) groups is 1. The lowest BCUT2D eigenvalue weighted by Gasteiger charge is -2.03. The Morgan fingerprint density at radius 3 is 2.40 bits per heavy atom. The van der Waals surface area contributed by atoms with Crippen LogP contribution in [0.2, 0.25) is 0 Å². The van der Waals surface area contributed by atoms with Gasteiger partial charge in [0, 0.05) is 20.0 Å². The molecule has 15 heavy (non-hydrogen) atoms. The molecule has 0 radical (unpaired) electrons. The third-order valence-electron chi connectivity index (χ3n) is 1.88. The van der Waals surface area contributed by atoms with Gasteiger partial charge in [-0.25, -0.2) is 0 Å². The van der Waals surface area contributed by atoms with Crippen molar-refractivity contribution in [2.24, 2.45) is 0 Å². The molecule has 0 heterocycles. The summed E-state index contributed by atoms with van der Waals surface area (Å²) in [5.41, 5.74) is 0. The van der Waals surface area contributed by atoms with Crippen LogP contribution < -0.4 is 0 Å². The second-order valence-corrected chi connectivity index (χ2v) is 3.32.